The Balaban J connectivity index is 1.82. The molecule has 0 N–H and O–H groups in total. The Kier molecular flexibility index (Phi) is 2.91. The van der Waals surface area contributed by atoms with Crippen LogP contribution >= 0.6 is 0 Å². The van der Waals surface area contributed by atoms with Crippen LogP contribution in [0.4, 0.5) is 0 Å². The van der Waals surface area contributed by atoms with Crippen molar-refractivity contribution in [2.45, 2.75) is 0 Å². The minimum absolute atomic E-state index is 1.05. The molecule has 3 aromatic carbocycles. The minimum Gasteiger partial charge on any atom is -0.316 e. The van der Waals surface area contributed by atoms with Crippen molar-refractivity contribution in [1.82, 2.24) is 9.55 Å². The molecule has 1 aliphatic carbocycles. The summed E-state index contributed by atoms with van der Waals surface area (Å²) in [5, 5.41) is 1.27. The fourth-order valence-corrected chi connectivity index (χ4v) is 4.28. The van der Waals surface area contributed by atoms with Gasteiger partial charge in [-0.1, -0.05) is 60.7 Å². The predicted molar refractivity (Wildman–Crippen MR) is 111 cm³/mol. The van der Waals surface area contributed by atoms with E-state index in [2.05, 4.69) is 89.6 Å². The molecular formula is C25H16N2. The van der Waals surface area contributed by atoms with Gasteiger partial charge in [-0.25, -0.2) is 0 Å². The van der Waals surface area contributed by atoms with Gasteiger partial charge in [-0.2, -0.15) is 0 Å². The fraction of sp³-hybridized carbons (Fsp3) is 0. The summed E-state index contributed by atoms with van der Waals surface area (Å²) >= 11 is 0. The minimum atomic E-state index is 1.05. The molecular weight excluding hydrogens is 328 g/mol. The SMILES string of the molecule is c1ccc(-n2cc3c4c(cccc42)-c2ccccc2-c2cccnc2-3)cc1. The number of benzene rings is 3. The van der Waals surface area contributed by atoms with Gasteiger partial charge in [0.2, 0.25) is 0 Å². The lowest BCUT2D eigenvalue weighted by molar-refractivity contribution is 1.13. The van der Waals surface area contributed by atoms with Crippen LogP contribution in [-0.2, 0) is 0 Å². The number of hydrogen-bond acceptors (Lipinski definition) is 1. The largest absolute Gasteiger partial charge is 0.316 e. The third kappa shape index (κ3) is 1.98. The van der Waals surface area contributed by atoms with E-state index in [-0.39, 0.29) is 0 Å². The zero-order chi connectivity index (χ0) is 17.8. The molecule has 0 spiro atoms. The number of pyridine rings is 1. The molecule has 5 aromatic rings. The van der Waals surface area contributed by atoms with Gasteiger partial charge in [0, 0.05) is 34.6 Å². The van der Waals surface area contributed by atoms with E-state index in [1.165, 1.54) is 38.7 Å². The van der Waals surface area contributed by atoms with Gasteiger partial charge in [-0.3, -0.25) is 4.98 Å². The van der Waals surface area contributed by atoms with Gasteiger partial charge in [-0.05, 0) is 41.0 Å². The van der Waals surface area contributed by atoms with Gasteiger partial charge >= 0.3 is 0 Å². The van der Waals surface area contributed by atoms with E-state index in [1.54, 1.807) is 0 Å². The summed E-state index contributed by atoms with van der Waals surface area (Å²) in [6.45, 7) is 0. The molecule has 0 unspecified atom stereocenters. The highest BCUT2D eigenvalue weighted by atomic mass is 15.0. The summed E-state index contributed by atoms with van der Waals surface area (Å²) < 4.78 is 2.28. The first-order chi connectivity index (χ1) is 13.4. The van der Waals surface area contributed by atoms with Crippen molar-refractivity contribution >= 4 is 10.9 Å². The second-order valence-electron chi connectivity index (χ2n) is 6.89. The Morgan fingerprint density at radius 2 is 1.26 bits per heavy atom. The Morgan fingerprint density at radius 1 is 0.556 bits per heavy atom. The first-order valence-electron chi connectivity index (χ1n) is 9.16. The summed E-state index contributed by atoms with van der Waals surface area (Å²) in [5.41, 5.74) is 9.59. The Labute approximate surface area is 157 Å². The lowest BCUT2D eigenvalue weighted by atomic mass is 9.95. The van der Waals surface area contributed by atoms with Crippen molar-refractivity contribution in [2.75, 3.05) is 0 Å². The molecule has 2 heteroatoms. The Bertz CT molecular complexity index is 1310. The van der Waals surface area contributed by atoms with E-state index < -0.39 is 0 Å². The summed E-state index contributed by atoms with van der Waals surface area (Å²) in [7, 11) is 0. The topological polar surface area (TPSA) is 17.8 Å². The maximum absolute atomic E-state index is 4.80. The molecule has 27 heavy (non-hydrogen) atoms. The lowest BCUT2D eigenvalue weighted by Crippen LogP contribution is -1.92. The maximum Gasteiger partial charge on any atom is 0.0802 e. The maximum atomic E-state index is 4.80. The molecule has 0 saturated carbocycles. The molecule has 0 radical (unpaired) electrons. The smallest absolute Gasteiger partial charge is 0.0802 e. The van der Waals surface area contributed by atoms with E-state index >= 15 is 0 Å². The van der Waals surface area contributed by atoms with Crippen LogP contribution in [0.5, 0.6) is 0 Å². The van der Waals surface area contributed by atoms with Crippen molar-refractivity contribution in [2.24, 2.45) is 0 Å². The van der Waals surface area contributed by atoms with Crippen molar-refractivity contribution in [1.29, 1.82) is 0 Å². The van der Waals surface area contributed by atoms with Crippen molar-refractivity contribution in [3.63, 3.8) is 0 Å². The molecule has 0 bridgehead atoms. The van der Waals surface area contributed by atoms with E-state index in [9.17, 15) is 0 Å². The zero-order valence-electron chi connectivity index (χ0n) is 14.6. The number of para-hydroxylation sites is 1. The van der Waals surface area contributed by atoms with Crippen molar-refractivity contribution < 1.29 is 0 Å². The fourth-order valence-electron chi connectivity index (χ4n) is 4.28. The number of rotatable bonds is 1. The van der Waals surface area contributed by atoms with Crippen LogP contribution in [0.2, 0.25) is 0 Å². The second-order valence-corrected chi connectivity index (χ2v) is 6.89. The molecule has 0 atom stereocenters. The quantitative estimate of drug-likeness (QED) is 0.340. The third-order valence-corrected chi connectivity index (χ3v) is 5.43. The number of nitrogens with zero attached hydrogens (tertiary/aromatic N) is 2. The van der Waals surface area contributed by atoms with Gasteiger partial charge in [0.1, 0.15) is 0 Å². The molecule has 2 aromatic heterocycles. The van der Waals surface area contributed by atoms with Crippen molar-refractivity contribution in [3.05, 3.63) is 97.3 Å². The Morgan fingerprint density at radius 3 is 2.11 bits per heavy atom. The van der Waals surface area contributed by atoms with Crippen molar-refractivity contribution in [3.8, 4) is 39.2 Å². The summed E-state index contributed by atoms with van der Waals surface area (Å²) in [4.78, 5) is 4.80. The van der Waals surface area contributed by atoms with Crippen LogP contribution in [-0.4, -0.2) is 9.55 Å². The highest BCUT2D eigenvalue weighted by Crippen LogP contribution is 2.47. The van der Waals surface area contributed by atoms with Crippen LogP contribution in [0.15, 0.2) is 97.3 Å². The number of hydrogen-bond donors (Lipinski definition) is 0. The summed E-state index contributed by atoms with van der Waals surface area (Å²) in [6.07, 6.45) is 4.13. The first kappa shape index (κ1) is 14.5. The summed E-state index contributed by atoms with van der Waals surface area (Å²) in [5.74, 6) is 0. The highest BCUT2D eigenvalue weighted by Gasteiger charge is 2.24. The van der Waals surface area contributed by atoms with E-state index in [0.29, 0.717) is 0 Å². The first-order valence-corrected chi connectivity index (χ1v) is 9.16. The van der Waals surface area contributed by atoms with E-state index in [4.69, 9.17) is 4.98 Å². The number of fused-ring (bicyclic) bond motifs is 5. The van der Waals surface area contributed by atoms with E-state index in [1.807, 2.05) is 12.3 Å². The predicted octanol–water partition coefficient (Wildman–Crippen LogP) is 6.34. The molecule has 0 amide bonds. The molecule has 2 heterocycles. The molecule has 1 aliphatic rings. The molecule has 0 saturated heterocycles. The Hall–Kier alpha value is -3.65. The van der Waals surface area contributed by atoms with Crippen LogP contribution < -0.4 is 0 Å². The van der Waals surface area contributed by atoms with Crippen LogP contribution in [0.25, 0.3) is 50.1 Å². The van der Waals surface area contributed by atoms with Gasteiger partial charge in [0.15, 0.2) is 0 Å². The van der Waals surface area contributed by atoms with Gasteiger partial charge in [-0.15, -0.1) is 0 Å². The van der Waals surface area contributed by atoms with Crippen LogP contribution in [0.3, 0.4) is 0 Å². The van der Waals surface area contributed by atoms with Gasteiger partial charge in [0.05, 0.1) is 11.2 Å². The standard InChI is InChI=1S/C25H16N2/c1-2-8-17(9-3-1)27-16-22-24-20(12-6-14-23(24)27)18-10-4-5-11-19(18)21-13-7-15-26-25(21)22/h1-16H. The molecule has 6 rings (SSSR count). The average Bonchev–Trinajstić information content (AvgIpc) is 3.09. The van der Waals surface area contributed by atoms with Gasteiger partial charge in [0.25, 0.3) is 0 Å². The summed E-state index contributed by atoms with van der Waals surface area (Å²) in [6, 6.07) is 29.9. The lowest BCUT2D eigenvalue weighted by Gasteiger charge is -2.11. The zero-order valence-corrected chi connectivity index (χ0v) is 14.6. The number of aromatic nitrogens is 2. The van der Waals surface area contributed by atoms with Crippen LogP contribution in [0.1, 0.15) is 0 Å². The normalized spacial score (nSPS) is 11.7. The molecule has 0 fully saturated rings. The average molecular weight is 344 g/mol. The monoisotopic (exact) mass is 344 g/mol. The molecule has 0 aliphatic heterocycles. The second kappa shape index (κ2) is 5.42. The van der Waals surface area contributed by atoms with Crippen LogP contribution in [0, 0.1) is 0 Å². The highest BCUT2D eigenvalue weighted by molar-refractivity contribution is 6.12. The van der Waals surface area contributed by atoms with Gasteiger partial charge < -0.3 is 4.57 Å². The molecule has 126 valence electrons. The molecule has 2 nitrogen and oxygen atoms in total. The third-order valence-electron chi connectivity index (χ3n) is 5.43. The van der Waals surface area contributed by atoms with E-state index in [0.717, 1.165) is 11.4 Å².